The molecule has 0 amide bonds. The third kappa shape index (κ3) is 3.78. The Bertz CT molecular complexity index is 481. The summed E-state index contributed by atoms with van der Waals surface area (Å²) in [6.45, 7) is 4.38. The highest BCUT2D eigenvalue weighted by molar-refractivity contribution is 7.09. The Morgan fingerprint density at radius 1 is 1.16 bits per heavy atom. The average molecular weight is 295 g/mol. The molecule has 0 fully saturated rings. The van der Waals surface area contributed by atoms with Crippen LogP contribution in [0.3, 0.4) is 0 Å². The van der Waals surface area contributed by atoms with Gasteiger partial charge in [0.2, 0.25) is 0 Å². The van der Waals surface area contributed by atoms with Gasteiger partial charge in [-0.05, 0) is 30.5 Å². The smallest absolute Gasteiger partial charge is 0.109 e. The van der Waals surface area contributed by atoms with E-state index in [0.29, 0.717) is 12.1 Å². The lowest BCUT2D eigenvalue weighted by atomic mass is 10.0. The van der Waals surface area contributed by atoms with Gasteiger partial charge in [0, 0.05) is 22.6 Å². The van der Waals surface area contributed by atoms with Crippen molar-refractivity contribution in [2.75, 3.05) is 0 Å². The van der Waals surface area contributed by atoms with Crippen LogP contribution >= 0.6 is 22.9 Å². The standard InChI is InChI=1S/C15H19ClN2S/c1-3-13(11-5-7-12(16)8-6-11)18-14(4-2)15-17-9-10-19-15/h5-10,13-14,18H,3-4H2,1-2H3. The van der Waals surface area contributed by atoms with E-state index in [9.17, 15) is 0 Å². The summed E-state index contributed by atoms with van der Waals surface area (Å²) in [4.78, 5) is 4.42. The summed E-state index contributed by atoms with van der Waals surface area (Å²) in [5.74, 6) is 0. The van der Waals surface area contributed by atoms with Crippen molar-refractivity contribution in [3.63, 3.8) is 0 Å². The molecule has 2 rings (SSSR count). The van der Waals surface area contributed by atoms with Crippen LogP contribution in [-0.4, -0.2) is 4.98 Å². The number of aromatic nitrogens is 1. The van der Waals surface area contributed by atoms with E-state index in [1.165, 1.54) is 5.56 Å². The summed E-state index contributed by atoms with van der Waals surface area (Å²) >= 11 is 7.66. The molecule has 2 atom stereocenters. The SMILES string of the molecule is CCC(NC(CC)c1nccs1)c1ccc(Cl)cc1. The molecule has 0 spiro atoms. The van der Waals surface area contributed by atoms with Crippen molar-refractivity contribution < 1.29 is 0 Å². The second-order valence-corrected chi connectivity index (χ2v) is 5.87. The lowest BCUT2D eigenvalue weighted by molar-refractivity contribution is 0.425. The molecule has 4 heteroatoms. The molecule has 0 radical (unpaired) electrons. The maximum absolute atomic E-state index is 5.95. The van der Waals surface area contributed by atoms with Gasteiger partial charge in [0.1, 0.15) is 5.01 Å². The van der Waals surface area contributed by atoms with Crippen molar-refractivity contribution in [2.24, 2.45) is 0 Å². The lowest BCUT2D eigenvalue weighted by Crippen LogP contribution is -2.25. The predicted molar refractivity (Wildman–Crippen MR) is 82.8 cm³/mol. The highest BCUT2D eigenvalue weighted by atomic mass is 35.5. The van der Waals surface area contributed by atoms with Crippen LogP contribution in [0.25, 0.3) is 0 Å². The number of hydrogen-bond donors (Lipinski definition) is 1. The van der Waals surface area contributed by atoms with Crippen LogP contribution in [0.4, 0.5) is 0 Å². The van der Waals surface area contributed by atoms with E-state index in [1.807, 2.05) is 23.7 Å². The fourth-order valence-corrected chi connectivity index (χ4v) is 3.07. The summed E-state index contributed by atoms with van der Waals surface area (Å²) < 4.78 is 0. The van der Waals surface area contributed by atoms with Crippen LogP contribution in [0, 0.1) is 0 Å². The van der Waals surface area contributed by atoms with Crippen LogP contribution in [0.1, 0.15) is 49.3 Å². The molecule has 102 valence electrons. The number of nitrogens with zero attached hydrogens (tertiary/aromatic N) is 1. The quantitative estimate of drug-likeness (QED) is 0.812. The van der Waals surface area contributed by atoms with E-state index in [4.69, 9.17) is 11.6 Å². The highest BCUT2D eigenvalue weighted by Gasteiger charge is 2.17. The fourth-order valence-electron chi connectivity index (χ4n) is 2.16. The van der Waals surface area contributed by atoms with Gasteiger partial charge in [0.15, 0.2) is 0 Å². The molecule has 0 bridgehead atoms. The van der Waals surface area contributed by atoms with Gasteiger partial charge < -0.3 is 5.32 Å². The molecule has 0 aliphatic carbocycles. The predicted octanol–water partition coefficient (Wildman–Crippen LogP) is 4.99. The maximum atomic E-state index is 5.95. The van der Waals surface area contributed by atoms with E-state index in [0.717, 1.165) is 22.9 Å². The molecule has 1 N–H and O–H groups in total. The molecule has 1 aromatic carbocycles. The minimum atomic E-state index is 0.320. The first-order valence-corrected chi connectivity index (χ1v) is 7.91. The molecule has 0 saturated heterocycles. The third-order valence-corrected chi connectivity index (χ3v) is 4.38. The van der Waals surface area contributed by atoms with Crippen molar-refractivity contribution in [3.05, 3.63) is 51.4 Å². The molecule has 0 aliphatic heterocycles. The zero-order valence-corrected chi connectivity index (χ0v) is 12.8. The van der Waals surface area contributed by atoms with Crippen molar-refractivity contribution in [3.8, 4) is 0 Å². The maximum Gasteiger partial charge on any atom is 0.109 e. The second-order valence-electron chi connectivity index (χ2n) is 4.51. The van der Waals surface area contributed by atoms with Gasteiger partial charge in [-0.1, -0.05) is 37.6 Å². The molecule has 2 unspecified atom stereocenters. The molecular formula is C15H19ClN2S. The summed E-state index contributed by atoms with van der Waals surface area (Å²) in [6.07, 6.45) is 3.95. The number of rotatable bonds is 6. The van der Waals surface area contributed by atoms with Crippen LogP contribution in [0.2, 0.25) is 5.02 Å². The minimum Gasteiger partial charge on any atom is -0.301 e. The van der Waals surface area contributed by atoms with Gasteiger partial charge in [0.25, 0.3) is 0 Å². The highest BCUT2D eigenvalue weighted by Crippen LogP contribution is 2.26. The van der Waals surface area contributed by atoms with Gasteiger partial charge in [-0.2, -0.15) is 0 Å². The van der Waals surface area contributed by atoms with E-state index in [-0.39, 0.29) is 0 Å². The van der Waals surface area contributed by atoms with Crippen molar-refractivity contribution in [1.29, 1.82) is 0 Å². The number of halogens is 1. The Balaban J connectivity index is 2.11. The van der Waals surface area contributed by atoms with E-state index in [2.05, 4.69) is 36.3 Å². The van der Waals surface area contributed by atoms with Gasteiger partial charge in [-0.25, -0.2) is 4.98 Å². The Kier molecular flexibility index (Phi) is 5.37. The van der Waals surface area contributed by atoms with E-state index >= 15 is 0 Å². The van der Waals surface area contributed by atoms with Crippen LogP contribution in [0.5, 0.6) is 0 Å². The first kappa shape index (κ1) is 14.5. The Hall–Kier alpha value is -0.900. The molecule has 1 aromatic heterocycles. The molecular weight excluding hydrogens is 276 g/mol. The minimum absolute atomic E-state index is 0.320. The Morgan fingerprint density at radius 2 is 1.84 bits per heavy atom. The summed E-state index contributed by atoms with van der Waals surface area (Å²) in [6, 6.07) is 8.75. The number of hydrogen-bond acceptors (Lipinski definition) is 3. The van der Waals surface area contributed by atoms with Crippen molar-refractivity contribution in [1.82, 2.24) is 10.3 Å². The number of benzene rings is 1. The third-order valence-electron chi connectivity index (χ3n) is 3.24. The molecule has 0 aliphatic rings. The molecule has 1 heterocycles. The topological polar surface area (TPSA) is 24.9 Å². The van der Waals surface area contributed by atoms with Crippen molar-refractivity contribution in [2.45, 2.75) is 38.8 Å². The Morgan fingerprint density at radius 3 is 2.37 bits per heavy atom. The molecule has 2 nitrogen and oxygen atoms in total. The monoisotopic (exact) mass is 294 g/mol. The molecule has 19 heavy (non-hydrogen) atoms. The first-order chi connectivity index (χ1) is 9.24. The van der Waals surface area contributed by atoms with Gasteiger partial charge >= 0.3 is 0 Å². The van der Waals surface area contributed by atoms with Crippen LogP contribution < -0.4 is 5.32 Å². The number of thiazole rings is 1. The van der Waals surface area contributed by atoms with E-state index < -0.39 is 0 Å². The summed E-state index contributed by atoms with van der Waals surface area (Å²) in [5, 5.41) is 7.67. The zero-order valence-electron chi connectivity index (χ0n) is 11.3. The second kappa shape index (κ2) is 7.04. The van der Waals surface area contributed by atoms with Crippen LogP contribution in [0.15, 0.2) is 35.8 Å². The van der Waals surface area contributed by atoms with Gasteiger partial charge in [-0.3, -0.25) is 0 Å². The fraction of sp³-hybridized carbons (Fsp3) is 0.400. The van der Waals surface area contributed by atoms with Crippen LogP contribution in [-0.2, 0) is 0 Å². The summed E-state index contributed by atoms with van der Waals surface area (Å²) in [5.41, 5.74) is 1.28. The largest absolute Gasteiger partial charge is 0.301 e. The first-order valence-electron chi connectivity index (χ1n) is 6.65. The Labute approximate surface area is 123 Å². The average Bonchev–Trinajstić information content (AvgIpc) is 2.95. The zero-order chi connectivity index (χ0) is 13.7. The van der Waals surface area contributed by atoms with Gasteiger partial charge in [-0.15, -0.1) is 11.3 Å². The van der Waals surface area contributed by atoms with E-state index in [1.54, 1.807) is 11.3 Å². The molecule has 0 saturated carbocycles. The van der Waals surface area contributed by atoms with Gasteiger partial charge in [0.05, 0.1) is 6.04 Å². The molecule has 2 aromatic rings. The summed E-state index contributed by atoms with van der Waals surface area (Å²) in [7, 11) is 0. The van der Waals surface area contributed by atoms with Crippen molar-refractivity contribution >= 4 is 22.9 Å². The number of nitrogens with one attached hydrogen (secondary N) is 1. The lowest BCUT2D eigenvalue weighted by Gasteiger charge is -2.23. The normalized spacial score (nSPS) is 14.3.